The molecule has 0 saturated carbocycles. The molecule has 23 heavy (non-hydrogen) atoms. The number of hydrogen-bond donors (Lipinski definition) is 1. The number of aromatic nitrogens is 2. The maximum absolute atomic E-state index is 12.1. The van der Waals surface area contributed by atoms with Gasteiger partial charge in [0.25, 0.3) is 0 Å². The molecule has 2 aromatic rings. The first-order chi connectivity index (χ1) is 10.9. The predicted octanol–water partition coefficient (Wildman–Crippen LogP) is 3.77. The van der Waals surface area contributed by atoms with E-state index >= 15 is 0 Å². The minimum absolute atomic E-state index is 0.159. The van der Waals surface area contributed by atoms with Crippen molar-refractivity contribution in [1.29, 1.82) is 5.26 Å². The molecule has 0 aliphatic heterocycles. The number of anilines is 1. The Morgan fingerprint density at radius 3 is 2.74 bits per heavy atom. The summed E-state index contributed by atoms with van der Waals surface area (Å²) in [7, 11) is 0. The van der Waals surface area contributed by atoms with E-state index in [-0.39, 0.29) is 11.7 Å². The SMILES string of the molecule is Cc1ccc(NC(=O)CSc2nnc(C)c(C)c2C#N)c(Br)c1. The van der Waals surface area contributed by atoms with E-state index in [1.165, 1.54) is 11.8 Å². The van der Waals surface area contributed by atoms with Crippen LogP contribution >= 0.6 is 27.7 Å². The number of amides is 1. The number of carbonyl (C=O) groups excluding carboxylic acids is 1. The molecule has 1 aromatic carbocycles. The Morgan fingerprint density at radius 1 is 1.35 bits per heavy atom. The Bertz CT molecular complexity index is 801. The highest BCUT2D eigenvalue weighted by atomic mass is 79.9. The van der Waals surface area contributed by atoms with Crippen LogP contribution in [0.25, 0.3) is 0 Å². The first-order valence-corrected chi connectivity index (χ1v) is 8.63. The van der Waals surface area contributed by atoms with Crippen molar-refractivity contribution >= 4 is 39.3 Å². The largest absolute Gasteiger partial charge is 0.324 e. The minimum atomic E-state index is -0.163. The molecular formula is C16H15BrN4OS. The summed E-state index contributed by atoms with van der Waals surface area (Å²) in [5.41, 5.74) is 3.82. The van der Waals surface area contributed by atoms with Gasteiger partial charge in [-0.2, -0.15) is 10.4 Å². The molecule has 2 rings (SSSR count). The molecule has 1 aromatic heterocycles. The zero-order valence-electron chi connectivity index (χ0n) is 13.0. The highest BCUT2D eigenvalue weighted by Gasteiger charge is 2.13. The lowest BCUT2D eigenvalue weighted by atomic mass is 10.1. The van der Waals surface area contributed by atoms with Crippen LogP contribution in [0, 0.1) is 32.1 Å². The molecule has 5 nitrogen and oxygen atoms in total. The molecule has 1 N–H and O–H groups in total. The van der Waals surface area contributed by atoms with Gasteiger partial charge in [-0.3, -0.25) is 4.79 Å². The zero-order valence-corrected chi connectivity index (χ0v) is 15.4. The molecular weight excluding hydrogens is 376 g/mol. The number of rotatable bonds is 4. The molecule has 0 aliphatic carbocycles. The standard InChI is InChI=1S/C16H15BrN4OS/c1-9-4-5-14(13(17)6-9)19-15(22)8-23-16-12(7-18)10(2)11(3)20-21-16/h4-6H,8H2,1-3H3,(H,19,22). The third kappa shape index (κ3) is 4.30. The molecule has 1 amide bonds. The van der Waals surface area contributed by atoms with E-state index in [0.29, 0.717) is 16.3 Å². The van der Waals surface area contributed by atoms with E-state index in [0.717, 1.165) is 21.3 Å². The van der Waals surface area contributed by atoms with Crippen molar-refractivity contribution in [3.05, 3.63) is 45.1 Å². The maximum atomic E-state index is 12.1. The van der Waals surface area contributed by atoms with Gasteiger partial charge >= 0.3 is 0 Å². The molecule has 0 saturated heterocycles. The summed E-state index contributed by atoms with van der Waals surface area (Å²) in [6.07, 6.45) is 0. The number of carbonyl (C=O) groups is 1. The van der Waals surface area contributed by atoms with Gasteiger partial charge in [0, 0.05) is 4.47 Å². The predicted molar refractivity (Wildman–Crippen MR) is 94.5 cm³/mol. The Kier molecular flexibility index (Phi) is 5.74. The van der Waals surface area contributed by atoms with Crippen LogP contribution in [0.5, 0.6) is 0 Å². The van der Waals surface area contributed by atoms with Gasteiger partial charge in [-0.05, 0) is 60.0 Å². The third-order valence-electron chi connectivity index (χ3n) is 3.27. The summed E-state index contributed by atoms with van der Waals surface area (Å²) in [4.78, 5) is 12.1. The molecule has 0 fully saturated rings. The Morgan fingerprint density at radius 2 is 2.09 bits per heavy atom. The number of nitrogens with one attached hydrogen (secondary N) is 1. The molecule has 7 heteroatoms. The molecule has 0 aliphatic rings. The topological polar surface area (TPSA) is 78.7 Å². The second kappa shape index (κ2) is 7.57. The quantitative estimate of drug-likeness (QED) is 0.803. The lowest BCUT2D eigenvalue weighted by Crippen LogP contribution is -2.15. The van der Waals surface area contributed by atoms with Crippen LogP contribution in [0.4, 0.5) is 5.69 Å². The summed E-state index contributed by atoms with van der Waals surface area (Å²) in [6, 6.07) is 7.84. The van der Waals surface area contributed by atoms with Crippen LogP contribution in [0.2, 0.25) is 0 Å². The molecule has 0 radical (unpaired) electrons. The summed E-state index contributed by atoms with van der Waals surface area (Å²) in [5, 5.41) is 20.6. The summed E-state index contributed by atoms with van der Waals surface area (Å²) in [6.45, 7) is 5.61. The van der Waals surface area contributed by atoms with E-state index in [1.54, 1.807) is 6.92 Å². The van der Waals surface area contributed by atoms with E-state index in [1.807, 2.05) is 32.0 Å². The van der Waals surface area contributed by atoms with Crippen molar-refractivity contribution in [3.8, 4) is 6.07 Å². The van der Waals surface area contributed by atoms with Gasteiger partial charge in [0.05, 0.1) is 22.7 Å². The lowest BCUT2D eigenvalue weighted by molar-refractivity contribution is -0.113. The van der Waals surface area contributed by atoms with Crippen molar-refractivity contribution in [1.82, 2.24) is 10.2 Å². The van der Waals surface area contributed by atoms with Gasteiger partial charge in [0.1, 0.15) is 11.1 Å². The molecule has 0 spiro atoms. The fourth-order valence-electron chi connectivity index (χ4n) is 1.86. The molecule has 0 bridgehead atoms. The Hall–Kier alpha value is -1.91. The summed E-state index contributed by atoms with van der Waals surface area (Å²) >= 11 is 4.63. The van der Waals surface area contributed by atoms with Crippen molar-refractivity contribution < 1.29 is 4.79 Å². The maximum Gasteiger partial charge on any atom is 0.234 e. The van der Waals surface area contributed by atoms with Crippen molar-refractivity contribution in [2.24, 2.45) is 0 Å². The highest BCUT2D eigenvalue weighted by molar-refractivity contribution is 9.10. The Labute approximate surface area is 147 Å². The second-order valence-electron chi connectivity index (χ2n) is 5.02. The van der Waals surface area contributed by atoms with Crippen molar-refractivity contribution in [2.75, 3.05) is 11.1 Å². The fourth-order valence-corrected chi connectivity index (χ4v) is 3.24. The van der Waals surface area contributed by atoms with Crippen LogP contribution in [0.3, 0.4) is 0 Å². The van der Waals surface area contributed by atoms with Crippen LogP contribution in [-0.4, -0.2) is 21.9 Å². The van der Waals surface area contributed by atoms with Crippen LogP contribution < -0.4 is 5.32 Å². The Balaban J connectivity index is 2.05. The fraction of sp³-hybridized carbons (Fsp3) is 0.250. The van der Waals surface area contributed by atoms with Crippen molar-refractivity contribution in [2.45, 2.75) is 25.8 Å². The number of nitriles is 1. The smallest absolute Gasteiger partial charge is 0.234 e. The lowest BCUT2D eigenvalue weighted by Gasteiger charge is -2.09. The summed E-state index contributed by atoms with van der Waals surface area (Å²) < 4.78 is 0.833. The number of benzene rings is 1. The minimum Gasteiger partial charge on any atom is -0.324 e. The number of aryl methyl sites for hydroxylation is 2. The molecule has 0 unspecified atom stereocenters. The van der Waals surface area contributed by atoms with Crippen LogP contribution in [-0.2, 0) is 4.79 Å². The first-order valence-electron chi connectivity index (χ1n) is 6.85. The van der Waals surface area contributed by atoms with Gasteiger partial charge in [-0.1, -0.05) is 17.8 Å². The summed E-state index contributed by atoms with van der Waals surface area (Å²) in [5.74, 6) is -0.00455. The third-order valence-corrected chi connectivity index (χ3v) is 4.89. The van der Waals surface area contributed by atoms with E-state index in [9.17, 15) is 10.1 Å². The van der Waals surface area contributed by atoms with Gasteiger partial charge in [-0.25, -0.2) is 0 Å². The van der Waals surface area contributed by atoms with Gasteiger partial charge in [-0.15, -0.1) is 5.10 Å². The van der Waals surface area contributed by atoms with Gasteiger partial charge in [0.2, 0.25) is 5.91 Å². The zero-order chi connectivity index (χ0) is 17.0. The van der Waals surface area contributed by atoms with E-state index < -0.39 is 0 Å². The average molecular weight is 391 g/mol. The van der Waals surface area contributed by atoms with E-state index in [2.05, 4.69) is 37.5 Å². The van der Waals surface area contributed by atoms with E-state index in [4.69, 9.17) is 0 Å². The first kappa shape index (κ1) is 17.4. The average Bonchev–Trinajstić information content (AvgIpc) is 2.51. The number of hydrogen-bond acceptors (Lipinski definition) is 5. The number of thioether (sulfide) groups is 1. The molecule has 118 valence electrons. The van der Waals surface area contributed by atoms with Gasteiger partial charge in [0.15, 0.2) is 0 Å². The number of halogens is 1. The second-order valence-corrected chi connectivity index (χ2v) is 6.84. The molecule has 0 atom stereocenters. The highest BCUT2D eigenvalue weighted by Crippen LogP contribution is 2.25. The van der Waals surface area contributed by atoms with Gasteiger partial charge < -0.3 is 5.32 Å². The monoisotopic (exact) mass is 390 g/mol. The molecule has 1 heterocycles. The normalized spacial score (nSPS) is 10.2. The van der Waals surface area contributed by atoms with Crippen LogP contribution in [0.1, 0.15) is 22.4 Å². The number of nitrogens with zero attached hydrogens (tertiary/aromatic N) is 3. The van der Waals surface area contributed by atoms with Crippen molar-refractivity contribution in [3.63, 3.8) is 0 Å². The van der Waals surface area contributed by atoms with Crippen LogP contribution in [0.15, 0.2) is 27.7 Å².